The zero-order valence-corrected chi connectivity index (χ0v) is 13.9. The maximum atomic E-state index is 12.4. The van der Waals surface area contributed by atoms with Gasteiger partial charge >= 0.3 is 0 Å². The molecule has 5 nitrogen and oxygen atoms in total. The lowest BCUT2D eigenvalue weighted by Crippen LogP contribution is -2.32. The van der Waals surface area contributed by atoms with Gasteiger partial charge in [0.15, 0.2) is 0 Å². The predicted octanol–water partition coefficient (Wildman–Crippen LogP) is 3.38. The molecule has 0 saturated carbocycles. The molecule has 1 aliphatic heterocycles. The first kappa shape index (κ1) is 14.7. The van der Waals surface area contributed by atoms with E-state index >= 15 is 0 Å². The fourth-order valence-electron chi connectivity index (χ4n) is 2.35. The lowest BCUT2D eigenvalue weighted by atomic mass is 10.1. The number of carbonyl (C=O) groups excluding carboxylic acids is 1. The molecule has 1 saturated heterocycles. The van der Waals surface area contributed by atoms with Gasteiger partial charge in [-0.25, -0.2) is 0 Å². The molecule has 21 heavy (non-hydrogen) atoms. The summed E-state index contributed by atoms with van der Waals surface area (Å²) in [6, 6.07) is 3.85. The van der Waals surface area contributed by atoms with Gasteiger partial charge in [0.1, 0.15) is 17.0 Å². The van der Waals surface area contributed by atoms with Crippen molar-refractivity contribution in [2.24, 2.45) is 0 Å². The molecule has 0 spiro atoms. The van der Waals surface area contributed by atoms with Crippen molar-refractivity contribution in [3.63, 3.8) is 0 Å². The summed E-state index contributed by atoms with van der Waals surface area (Å²) in [6.07, 6.45) is 2.17. The van der Waals surface area contributed by atoms with Gasteiger partial charge in [0.05, 0.1) is 14.8 Å². The summed E-state index contributed by atoms with van der Waals surface area (Å²) < 4.78 is 11.7. The topological polar surface area (TPSA) is 64.4 Å². The van der Waals surface area contributed by atoms with Crippen molar-refractivity contribution < 1.29 is 14.1 Å². The van der Waals surface area contributed by atoms with E-state index in [1.807, 2.05) is 12.1 Å². The molecule has 0 radical (unpaired) electrons. The number of nitrogens with one attached hydrogen (secondary N) is 1. The molecule has 0 bridgehead atoms. The minimum absolute atomic E-state index is 0.119. The molecule has 112 valence electrons. The Kier molecular flexibility index (Phi) is 4.42. The molecular weight excluding hydrogens is 356 g/mol. The van der Waals surface area contributed by atoms with Crippen LogP contribution < -0.4 is 5.32 Å². The molecule has 0 aromatic carbocycles. The van der Waals surface area contributed by atoms with Crippen molar-refractivity contribution in [1.29, 1.82) is 0 Å². The Bertz CT molecular complexity index is 646. The first-order valence-electron chi connectivity index (χ1n) is 6.77. The van der Waals surface area contributed by atoms with Crippen LogP contribution in [0.25, 0.3) is 10.6 Å². The Labute approximate surface area is 134 Å². The molecule has 2 aromatic rings. The van der Waals surface area contributed by atoms with E-state index < -0.39 is 0 Å². The van der Waals surface area contributed by atoms with Crippen molar-refractivity contribution in [2.45, 2.75) is 25.9 Å². The second-order valence-electron chi connectivity index (χ2n) is 4.91. The van der Waals surface area contributed by atoms with Crippen molar-refractivity contribution in [2.75, 3.05) is 13.2 Å². The number of hydrogen-bond donors (Lipinski definition) is 1. The third-order valence-electron chi connectivity index (χ3n) is 3.41. The predicted molar refractivity (Wildman–Crippen MR) is 83.6 cm³/mol. The fourth-order valence-corrected chi connectivity index (χ4v) is 3.72. The van der Waals surface area contributed by atoms with E-state index in [-0.39, 0.29) is 12.0 Å². The number of rotatable bonds is 4. The Balaban J connectivity index is 1.77. The van der Waals surface area contributed by atoms with E-state index in [1.54, 1.807) is 6.92 Å². The maximum Gasteiger partial charge on any atom is 0.257 e. The molecule has 0 aliphatic carbocycles. The highest BCUT2D eigenvalue weighted by molar-refractivity contribution is 9.11. The number of aromatic nitrogens is 1. The number of aryl methyl sites for hydroxylation is 1. The van der Waals surface area contributed by atoms with Gasteiger partial charge in [0.2, 0.25) is 0 Å². The molecule has 3 rings (SSSR count). The quantitative estimate of drug-likeness (QED) is 0.895. The second-order valence-corrected chi connectivity index (χ2v) is 7.37. The Hall–Kier alpha value is -1.18. The number of ether oxygens (including phenoxy) is 1. The molecular formula is C14H15BrN2O3S. The van der Waals surface area contributed by atoms with Crippen molar-refractivity contribution >= 4 is 33.2 Å². The number of nitrogens with zero attached hydrogens (tertiary/aromatic N) is 1. The number of halogens is 1. The highest BCUT2D eigenvalue weighted by Gasteiger charge is 2.24. The van der Waals surface area contributed by atoms with Crippen LogP contribution in [0, 0.1) is 6.92 Å². The Morgan fingerprint density at radius 3 is 3.10 bits per heavy atom. The zero-order valence-electron chi connectivity index (χ0n) is 11.5. The van der Waals surface area contributed by atoms with E-state index in [4.69, 9.17) is 9.26 Å². The molecule has 2 aromatic heterocycles. The van der Waals surface area contributed by atoms with E-state index in [0.29, 0.717) is 23.6 Å². The molecule has 0 unspecified atom stereocenters. The van der Waals surface area contributed by atoms with E-state index in [2.05, 4.69) is 26.4 Å². The van der Waals surface area contributed by atoms with Gasteiger partial charge in [-0.15, -0.1) is 11.3 Å². The van der Waals surface area contributed by atoms with Gasteiger partial charge in [-0.2, -0.15) is 0 Å². The largest absolute Gasteiger partial charge is 0.376 e. The van der Waals surface area contributed by atoms with Crippen LogP contribution in [0.4, 0.5) is 0 Å². The van der Waals surface area contributed by atoms with Crippen LogP contribution in [0.15, 0.2) is 20.4 Å². The summed E-state index contributed by atoms with van der Waals surface area (Å²) in [5.41, 5.74) is 1.09. The minimum Gasteiger partial charge on any atom is -0.376 e. The molecule has 3 heterocycles. The molecule has 1 amide bonds. The second kappa shape index (κ2) is 6.29. The number of carbonyl (C=O) groups is 1. The van der Waals surface area contributed by atoms with Gasteiger partial charge < -0.3 is 14.6 Å². The highest BCUT2D eigenvalue weighted by atomic mass is 79.9. The van der Waals surface area contributed by atoms with Crippen molar-refractivity contribution in [3.05, 3.63) is 27.2 Å². The van der Waals surface area contributed by atoms with Crippen molar-refractivity contribution in [3.8, 4) is 10.6 Å². The van der Waals surface area contributed by atoms with Gasteiger partial charge in [-0.1, -0.05) is 5.16 Å². The third-order valence-corrected chi connectivity index (χ3v) is 5.04. The summed E-state index contributed by atoms with van der Waals surface area (Å²) in [4.78, 5) is 13.3. The minimum atomic E-state index is -0.163. The van der Waals surface area contributed by atoms with Crippen molar-refractivity contribution in [1.82, 2.24) is 10.5 Å². The van der Waals surface area contributed by atoms with Crippen LogP contribution in [0.1, 0.15) is 29.0 Å². The molecule has 1 atom stereocenters. The normalized spacial score (nSPS) is 18.1. The highest BCUT2D eigenvalue weighted by Crippen LogP contribution is 2.33. The first-order valence-corrected chi connectivity index (χ1v) is 8.38. The summed E-state index contributed by atoms with van der Waals surface area (Å²) in [5.74, 6) is 0.364. The lowest BCUT2D eigenvalue weighted by molar-refractivity contribution is 0.0857. The maximum absolute atomic E-state index is 12.4. The fraction of sp³-hybridized carbons (Fsp3) is 0.429. The van der Waals surface area contributed by atoms with E-state index in [0.717, 1.165) is 28.1 Å². The van der Waals surface area contributed by atoms with Crippen LogP contribution in [0.3, 0.4) is 0 Å². The zero-order chi connectivity index (χ0) is 14.8. The number of thiophene rings is 1. The smallest absolute Gasteiger partial charge is 0.257 e. The SMILES string of the molecule is Cc1onc(-c2ccc(Br)s2)c1C(=O)NC[C@H]1CCCO1. The summed E-state index contributed by atoms with van der Waals surface area (Å²) in [5, 5.41) is 6.94. The Morgan fingerprint density at radius 2 is 2.43 bits per heavy atom. The number of hydrogen-bond acceptors (Lipinski definition) is 5. The Morgan fingerprint density at radius 1 is 1.57 bits per heavy atom. The van der Waals surface area contributed by atoms with Crippen LogP contribution in [0.2, 0.25) is 0 Å². The van der Waals surface area contributed by atoms with Crippen LogP contribution in [-0.4, -0.2) is 30.3 Å². The van der Waals surface area contributed by atoms with Gasteiger partial charge in [-0.3, -0.25) is 4.79 Å². The average Bonchev–Trinajstić information content (AvgIpc) is 3.17. The summed E-state index contributed by atoms with van der Waals surface area (Å²) in [7, 11) is 0. The van der Waals surface area contributed by atoms with Crippen LogP contribution in [-0.2, 0) is 4.74 Å². The number of amides is 1. The first-order chi connectivity index (χ1) is 10.1. The van der Waals surface area contributed by atoms with E-state index in [1.165, 1.54) is 11.3 Å². The van der Waals surface area contributed by atoms with Gasteiger partial charge in [-0.05, 0) is 47.8 Å². The van der Waals surface area contributed by atoms with E-state index in [9.17, 15) is 4.79 Å². The summed E-state index contributed by atoms with van der Waals surface area (Å²) >= 11 is 4.93. The monoisotopic (exact) mass is 370 g/mol. The lowest BCUT2D eigenvalue weighted by Gasteiger charge is -2.10. The van der Waals surface area contributed by atoms with Gasteiger partial charge in [0, 0.05) is 13.2 Å². The average molecular weight is 371 g/mol. The van der Waals surface area contributed by atoms with Crippen LogP contribution in [0.5, 0.6) is 0 Å². The van der Waals surface area contributed by atoms with Crippen LogP contribution >= 0.6 is 27.3 Å². The third kappa shape index (κ3) is 3.20. The molecule has 1 aliphatic rings. The van der Waals surface area contributed by atoms with Gasteiger partial charge in [0.25, 0.3) is 5.91 Å². The molecule has 1 N–H and O–H groups in total. The standard InChI is InChI=1S/C14H15BrN2O3S/c1-8-12(14(18)16-7-9-3-2-6-19-9)13(17-20-8)10-4-5-11(15)21-10/h4-5,9H,2-3,6-7H2,1H3,(H,16,18)/t9-/m1/s1. The summed E-state index contributed by atoms with van der Waals surface area (Å²) in [6.45, 7) is 3.05. The molecule has 7 heteroatoms. The molecule has 1 fully saturated rings.